The molecular weight excluding hydrogens is 445 g/mol. The lowest BCUT2D eigenvalue weighted by Gasteiger charge is -2.19. The maximum absolute atomic E-state index is 12.8. The van der Waals surface area contributed by atoms with Crippen LogP contribution in [0.5, 0.6) is 0 Å². The standard InChI is InChI=1S/C18H18Cl3N3O3S/c1-23(2)13-7-11(19)6-12(8-13)22-18(25)15-9-14(10-16(20)17(15)21)24-4-3-5-28(24,26)27/h6-10H,3-5H2,1-2H3,(H,22,25). The molecule has 28 heavy (non-hydrogen) atoms. The summed E-state index contributed by atoms with van der Waals surface area (Å²) in [4.78, 5) is 14.7. The molecule has 1 aliphatic rings. The van der Waals surface area contributed by atoms with Crippen LogP contribution in [0.1, 0.15) is 16.8 Å². The van der Waals surface area contributed by atoms with Gasteiger partial charge in [-0.05, 0) is 36.8 Å². The van der Waals surface area contributed by atoms with Crippen LogP contribution in [-0.2, 0) is 10.0 Å². The summed E-state index contributed by atoms with van der Waals surface area (Å²) < 4.78 is 25.6. The molecule has 1 amide bonds. The Hall–Kier alpha value is -1.67. The number of nitrogens with one attached hydrogen (secondary N) is 1. The minimum absolute atomic E-state index is 0.0503. The molecule has 150 valence electrons. The van der Waals surface area contributed by atoms with E-state index in [2.05, 4.69) is 5.32 Å². The summed E-state index contributed by atoms with van der Waals surface area (Å²) in [6, 6.07) is 8.02. The Bertz CT molecular complexity index is 1040. The van der Waals surface area contributed by atoms with E-state index in [9.17, 15) is 13.2 Å². The lowest BCUT2D eigenvalue weighted by Crippen LogP contribution is -2.25. The molecule has 1 saturated heterocycles. The average Bonchev–Trinajstić information content (AvgIpc) is 2.95. The second-order valence-electron chi connectivity index (χ2n) is 6.58. The first-order chi connectivity index (χ1) is 13.1. The number of anilines is 3. The van der Waals surface area contributed by atoms with Gasteiger partial charge in [-0.2, -0.15) is 0 Å². The fourth-order valence-electron chi connectivity index (χ4n) is 2.92. The van der Waals surface area contributed by atoms with Gasteiger partial charge in [0.15, 0.2) is 0 Å². The first-order valence-electron chi connectivity index (χ1n) is 8.37. The van der Waals surface area contributed by atoms with E-state index in [1.807, 2.05) is 19.0 Å². The number of hydrogen-bond acceptors (Lipinski definition) is 4. The Kier molecular flexibility index (Phi) is 6.00. The van der Waals surface area contributed by atoms with Crippen LogP contribution >= 0.6 is 34.8 Å². The smallest absolute Gasteiger partial charge is 0.257 e. The van der Waals surface area contributed by atoms with Crippen LogP contribution in [-0.4, -0.2) is 40.7 Å². The molecule has 10 heteroatoms. The highest BCUT2D eigenvalue weighted by atomic mass is 35.5. The number of rotatable bonds is 4. The molecule has 1 fully saturated rings. The van der Waals surface area contributed by atoms with E-state index in [0.29, 0.717) is 29.4 Å². The number of carbonyl (C=O) groups excluding carboxylic acids is 1. The van der Waals surface area contributed by atoms with Crippen LogP contribution in [0.15, 0.2) is 30.3 Å². The lowest BCUT2D eigenvalue weighted by molar-refractivity contribution is 0.102. The van der Waals surface area contributed by atoms with Crippen molar-refractivity contribution in [2.75, 3.05) is 40.9 Å². The Morgan fingerprint density at radius 1 is 1.11 bits per heavy atom. The third-order valence-corrected chi connectivity index (χ3v) is 7.19. The van der Waals surface area contributed by atoms with Crippen molar-refractivity contribution >= 4 is 67.8 Å². The zero-order chi connectivity index (χ0) is 20.6. The van der Waals surface area contributed by atoms with Gasteiger partial charge in [-0.3, -0.25) is 9.10 Å². The van der Waals surface area contributed by atoms with Gasteiger partial charge in [0.1, 0.15) is 0 Å². The Morgan fingerprint density at radius 3 is 2.43 bits per heavy atom. The predicted octanol–water partition coefficient (Wildman–Crippen LogP) is 4.51. The highest BCUT2D eigenvalue weighted by Crippen LogP contribution is 2.35. The van der Waals surface area contributed by atoms with E-state index in [-0.39, 0.29) is 21.4 Å². The van der Waals surface area contributed by atoms with Gasteiger partial charge in [0.2, 0.25) is 10.0 Å². The Morgan fingerprint density at radius 2 is 1.82 bits per heavy atom. The van der Waals surface area contributed by atoms with Gasteiger partial charge in [0, 0.05) is 37.0 Å². The molecule has 0 unspecified atom stereocenters. The summed E-state index contributed by atoms with van der Waals surface area (Å²) in [5.41, 5.74) is 1.69. The quantitative estimate of drug-likeness (QED) is 0.726. The number of halogens is 3. The van der Waals surface area contributed by atoms with Crippen molar-refractivity contribution in [2.45, 2.75) is 6.42 Å². The molecule has 0 saturated carbocycles. The SMILES string of the molecule is CN(C)c1cc(Cl)cc(NC(=O)c2cc(N3CCCS3(=O)=O)cc(Cl)c2Cl)c1. The van der Waals surface area contributed by atoms with E-state index >= 15 is 0 Å². The molecule has 2 aromatic carbocycles. The minimum atomic E-state index is -3.41. The van der Waals surface area contributed by atoms with Crippen molar-refractivity contribution in [1.82, 2.24) is 0 Å². The zero-order valence-corrected chi connectivity index (χ0v) is 18.3. The van der Waals surface area contributed by atoms with Crippen LogP contribution in [0.25, 0.3) is 0 Å². The topological polar surface area (TPSA) is 69.7 Å². The van der Waals surface area contributed by atoms with Gasteiger partial charge < -0.3 is 10.2 Å². The van der Waals surface area contributed by atoms with Gasteiger partial charge in [-0.1, -0.05) is 34.8 Å². The number of amides is 1. The maximum atomic E-state index is 12.8. The van der Waals surface area contributed by atoms with Crippen molar-refractivity contribution in [3.8, 4) is 0 Å². The largest absolute Gasteiger partial charge is 0.378 e. The molecule has 1 N–H and O–H groups in total. The molecule has 0 spiro atoms. The van der Waals surface area contributed by atoms with Crippen molar-refractivity contribution in [1.29, 1.82) is 0 Å². The first kappa shape index (κ1) is 21.0. The van der Waals surface area contributed by atoms with E-state index in [1.165, 1.54) is 16.4 Å². The summed E-state index contributed by atoms with van der Waals surface area (Å²) in [7, 11) is 0.295. The van der Waals surface area contributed by atoms with E-state index in [0.717, 1.165) is 5.69 Å². The first-order valence-corrected chi connectivity index (χ1v) is 11.1. The van der Waals surface area contributed by atoms with Crippen LogP contribution in [0.2, 0.25) is 15.1 Å². The van der Waals surface area contributed by atoms with Crippen molar-refractivity contribution in [3.63, 3.8) is 0 Å². The van der Waals surface area contributed by atoms with E-state index < -0.39 is 15.9 Å². The van der Waals surface area contributed by atoms with E-state index in [4.69, 9.17) is 34.8 Å². The summed E-state index contributed by atoms with van der Waals surface area (Å²) in [6.07, 6.45) is 0.514. The third kappa shape index (κ3) is 4.33. The molecular formula is C18H18Cl3N3O3S. The third-order valence-electron chi connectivity index (χ3n) is 4.30. The summed E-state index contributed by atoms with van der Waals surface area (Å²) in [5.74, 6) is -0.456. The van der Waals surface area contributed by atoms with Crippen LogP contribution < -0.4 is 14.5 Å². The molecule has 0 aromatic heterocycles. The van der Waals surface area contributed by atoms with Gasteiger partial charge in [0.25, 0.3) is 5.91 Å². The molecule has 0 bridgehead atoms. The van der Waals surface area contributed by atoms with E-state index in [1.54, 1.807) is 18.2 Å². The molecule has 0 atom stereocenters. The Labute approximate surface area is 179 Å². The molecule has 1 heterocycles. The van der Waals surface area contributed by atoms with Crippen LogP contribution in [0, 0.1) is 0 Å². The fraction of sp³-hybridized carbons (Fsp3) is 0.278. The van der Waals surface area contributed by atoms with Crippen LogP contribution in [0.3, 0.4) is 0 Å². The second kappa shape index (κ2) is 7.99. The number of carbonyl (C=O) groups is 1. The molecule has 1 aliphatic heterocycles. The summed E-state index contributed by atoms with van der Waals surface area (Å²) in [5, 5.41) is 3.35. The summed E-state index contributed by atoms with van der Waals surface area (Å²) in [6.45, 7) is 0.335. The molecule has 0 radical (unpaired) electrons. The van der Waals surface area contributed by atoms with Gasteiger partial charge in [-0.25, -0.2) is 8.42 Å². The fourth-order valence-corrected chi connectivity index (χ4v) is 5.10. The highest BCUT2D eigenvalue weighted by molar-refractivity contribution is 7.93. The predicted molar refractivity (Wildman–Crippen MR) is 116 cm³/mol. The summed E-state index contributed by atoms with van der Waals surface area (Å²) >= 11 is 18.5. The lowest BCUT2D eigenvalue weighted by atomic mass is 10.1. The number of hydrogen-bond donors (Lipinski definition) is 1. The molecule has 2 aromatic rings. The van der Waals surface area contributed by atoms with Crippen molar-refractivity contribution in [3.05, 3.63) is 51.0 Å². The molecule has 6 nitrogen and oxygen atoms in total. The number of benzene rings is 2. The number of sulfonamides is 1. The van der Waals surface area contributed by atoms with Gasteiger partial charge >= 0.3 is 0 Å². The second-order valence-corrected chi connectivity index (χ2v) is 9.81. The average molecular weight is 463 g/mol. The zero-order valence-electron chi connectivity index (χ0n) is 15.2. The van der Waals surface area contributed by atoms with Crippen LogP contribution in [0.4, 0.5) is 17.1 Å². The Balaban J connectivity index is 1.96. The van der Waals surface area contributed by atoms with Gasteiger partial charge in [0.05, 0.1) is 27.0 Å². The normalized spacial score (nSPS) is 15.5. The highest BCUT2D eigenvalue weighted by Gasteiger charge is 2.30. The monoisotopic (exact) mass is 461 g/mol. The maximum Gasteiger partial charge on any atom is 0.257 e. The molecule has 3 rings (SSSR count). The number of nitrogens with zero attached hydrogens (tertiary/aromatic N) is 2. The van der Waals surface area contributed by atoms with Crippen molar-refractivity contribution < 1.29 is 13.2 Å². The van der Waals surface area contributed by atoms with Crippen molar-refractivity contribution in [2.24, 2.45) is 0 Å². The molecule has 0 aliphatic carbocycles. The minimum Gasteiger partial charge on any atom is -0.378 e. The van der Waals surface area contributed by atoms with Gasteiger partial charge in [-0.15, -0.1) is 0 Å².